The van der Waals surface area contributed by atoms with Gasteiger partial charge in [0.25, 0.3) is 0 Å². The summed E-state index contributed by atoms with van der Waals surface area (Å²) in [6.07, 6.45) is -2.39. The number of carbonyl (C=O) groups is 2. The topological polar surface area (TPSA) is 162 Å². The van der Waals surface area contributed by atoms with Crippen LogP contribution in [0.3, 0.4) is 0 Å². The van der Waals surface area contributed by atoms with Gasteiger partial charge < -0.3 is 43.3 Å². The molecule has 12 nitrogen and oxygen atoms in total. The van der Waals surface area contributed by atoms with Gasteiger partial charge in [0.2, 0.25) is 12.2 Å². The Morgan fingerprint density at radius 2 is 1.98 bits per heavy atom. The highest BCUT2D eigenvalue weighted by Gasteiger charge is 2.50. The first-order valence-electron chi connectivity index (χ1n) is 13.9. The van der Waals surface area contributed by atoms with E-state index in [1.54, 1.807) is 13.2 Å². The number of esters is 1. The van der Waals surface area contributed by atoms with Gasteiger partial charge in [-0.2, -0.15) is 0 Å². The maximum atomic E-state index is 13.3. The maximum absolute atomic E-state index is 13.3. The maximum Gasteiger partial charge on any atom is 0.305 e. The van der Waals surface area contributed by atoms with Gasteiger partial charge in [-0.3, -0.25) is 9.59 Å². The monoisotopic (exact) mass is 582 g/mol. The number of fused-ring (bicyclic) bond motifs is 2. The number of hydrogen-bond acceptors (Lipinski definition) is 11. The van der Waals surface area contributed by atoms with Crippen LogP contribution in [0.1, 0.15) is 35.8 Å². The van der Waals surface area contributed by atoms with Crippen LogP contribution in [0.2, 0.25) is 0 Å². The second kappa shape index (κ2) is 11.2. The molecule has 2 aromatic heterocycles. The van der Waals surface area contributed by atoms with Gasteiger partial charge in [-0.15, -0.1) is 0 Å². The Bertz CT molecular complexity index is 1530. The van der Waals surface area contributed by atoms with Crippen LogP contribution in [-0.2, 0) is 30.3 Å². The predicted molar refractivity (Wildman–Crippen MR) is 147 cm³/mol. The lowest BCUT2D eigenvalue weighted by molar-refractivity contribution is -0.234. The molecule has 4 heterocycles. The fourth-order valence-electron chi connectivity index (χ4n) is 6.48. The number of hydrogen-bond donors (Lipinski definition) is 3. The Labute approximate surface area is 241 Å². The number of carbonyl (C=O) groups excluding carboxylic acids is 2. The first-order chi connectivity index (χ1) is 20.2. The standard InChI is InChI=1S/C30H34N2O10/c1-14-4-7-22(40-14)25-18(10-24(35)39-3)15(8-21(25)34)11-32-12-19(17-6-5-16(38-2)9-20(17)32)29-31-26-28(37)27(36)23(13-33)41-30(26)42-29/h4-7,9,12,15,18,23,25-28,30,33,36-37H,8,10-11,13H2,1-3H3. The van der Waals surface area contributed by atoms with Crippen molar-refractivity contribution < 1.29 is 48.3 Å². The molecule has 1 aromatic carbocycles. The normalized spacial score (nSPS) is 30.7. The number of ether oxygens (including phenoxy) is 4. The lowest BCUT2D eigenvalue weighted by atomic mass is 9.85. The Morgan fingerprint density at radius 3 is 2.67 bits per heavy atom. The lowest BCUT2D eigenvalue weighted by Crippen LogP contribution is -2.56. The summed E-state index contributed by atoms with van der Waals surface area (Å²) < 4.78 is 30.0. The second-order valence-corrected chi connectivity index (χ2v) is 11.1. The number of aliphatic hydroxyl groups excluding tert-OH is 3. The highest BCUT2D eigenvalue weighted by Crippen LogP contribution is 2.45. The molecule has 12 heteroatoms. The van der Waals surface area contributed by atoms with Crippen molar-refractivity contribution in [2.45, 2.75) is 62.9 Å². The van der Waals surface area contributed by atoms with Gasteiger partial charge in [0.15, 0.2) is 0 Å². The number of Topliss-reactive ketones (excluding diaryl/α,β-unsaturated/α-hetero) is 1. The van der Waals surface area contributed by atoms with Crippen molar-refractivity contribution >= 4 is 28.6 Å². The minimum atomic E-state index is -1.31. The van der Waals surface area contributed by atoms with E-state index in [1.807, 2.05) is 42.0 Å². The molecule has 2 aliphatic heterocycles. The van der Waals surface area contributed by atoms with E-state index in [9.17, 15) is 24.9 Å². The molecule has 0 bridgehead atoms. The molecule has 6 rings (SSSR count). The van der Waals surface area contributed by atoms with E-state index in [2.05, 4.69) is 4.99 Å². The number of aliphatic hydroxyl groups is 3. The summed E-state index contributed by atoms with van der Waals surface area (Å²) in [7, 11) is 2.91. The molecule has 42 heavy (non-hydrogen) atoms. The minimum Gasteiger partial charge on any atom is -0.497 e. The van der Waals surface area contributed by atoms with Crippen LogP contribution in [0.15, 0.2) is 45.9 Å². The van der Waals surface area contributed by atoms with E-state index < -0.39 is 49.1 Å². The Morgan fingerprint density at radius 1 is 1.17 bits per heavy atom. The van der Waals surface area contributed by atoms with Gasteiger partial charge in [0.05, 0.1) is 37.8 Å². The number of aliphatic imine (C=N–C) groups is 1. The van der Waals surface area contributed by atoms with Crippen molar-refractivity contribution in [2.75, 3.05) is 20.8 Å². The molecule has 0 radical (unpaired) electrons. The lowest BCUT2D eigenvalue weighted by Gasteiger charge is -2.36. The third-order valence-corrected chi connectivity index (χ3v) is 8.64. The molecular formula is C30H34N2O10. The van der Waals surface area contributed by atoms with Crippen LogP contribution >= 0.6 is 0 Å². The third-order valence-electron chi connectivity index (χ3n) is 8.64. The highest BCUT2D eigenvalue weighted by atomic mass is 16.7. The zero-order valence-electron chi connectivity index (χ0n) is 23.5. The number of rotatable bonds is 8. The van der Waals surface area contributed by atoms with Crippen LogP contribution < -0.4 is 4.74 Å². The summed E-state index contributed by atoms with van der Waals surface area (Å²) in [5.41, 5.74) is 1.42. The van der Waals surface area contributed by atoms with Crippen molar-refractivity contribution in [3.63, 3.8) is 0 Å². The van der Waals surface area contributed by atoms with Crippen LogP contribution in [-0.4, -0.2) is 89.0 Å². The van der Waals surface area contributed by atoms with Crippen molar-refractivity contribution in [2.24, 2.45) is 16.8 Å². The van der Waals surface area contributed by atoms with Gasteiger partial charge >= 0.3 is 5.97 Å². The Hall–Kier alpha value is -3.71. The number of nitrogens with zero attached hydrogens (tertiary/aromatic N) is 2. The third kappa shape index (κ3) is 4.87. The van der Waals surface area contributed by atoms with E-state index in [0.29, 0.717) is 29.4 Å². The molecule has 0 spiro atoms. The molecule has 3 aromatic rings. The predicted octanol–water partition coefficient (Wildman–Crippen LogP) is 1.69. The molecule has 1 aliphatic carbocycles. The minimum absolute atomic E-state index is 0.00762. The van der Waals surface area contributed by atoms with E-state index in [4.69, 9.17) is 23.4 Å². The molecule has 3 N–H and O–H groups in total. The van der Waals surface area contributed by atoms with E-state index in [-0.39, 0.29) is 36.4 Å². The van der Waals surface area contributed by atoms with Crippen LogP contribution in [0, 0.1) is 18.8 Å². The van der Waals surface area contributed by atoms with Gasteiger partial charge in [0, 0.05) is 37.0 Å². The van der Waals surface area contributed by atoms with Gasteiger partial charge in [0.1, 0.15) is 47.4 Å². The van der Waals surface area contributed by atoms with Crippen LogP contribution in [0.4, 0.5) is 0 Å². The molecule has 224 valence electrons. The first kappa shape index (κ1) is 28.4. The smallest absolute Gasteiger partial charge is 0.305 e. The highest BCUT2D eigenvalue weighted by molar-refractivity contribution is 6.08. The molecule has 2 fully saturated rings. The van der Waals surface area contributed by atoms with Crippen LogP contribution in [0.5, 0.6) is 5.75 Å². The summed E-state index contributed by atoms with van der Waals surface area (Å²) in [5, 5.41) is 31.3. The number of ketones is 1. The van der Waals surface area contributed by atoms with E-state index >= 15 is 0 Å². The summed E-state index contributed by atoms with van der Waals surface area (Å²) in [6, 6.07) is 8.29. The second-order valence-electron chi connectivity index (χ2n) is 11.1. The number of aromatic nitrogens is 1. The van der Waals surface area contributed by atoms with Gasteiger partial charge in [-0.05, 0) is 43.0 Å². The zero-order valence-corrected chi connectivity index (χ0v) is 23.5. The fraction of sp³-hybridized carbons (Fsp3) is 0.500. The molecule has 3 aliphatic rings. The van der Waals surface area contributed by atoms with E-state index in [1.165, 1.54) is 7.11 Å². The van der Waals surface area contributed by atoms with Gasteiger partial charge in [-0.25, -0.2) is 4.99 Å². The molecule has 8 atom stereocenters. The van der Waals surface area contributed by atoms with Crippen molar-refractivity contribution in [3.05, 3.63) is 53.6 Å². The van der Waals surface area contributed by atoms with Crippen molar-refractivity contribution in [1.82, 2.24) is 4.57 Å². The number of benzene rings is 1. The Balaban J connectivity index is 1.36. The number of aryl methyl sites for hydroxylation is 1. The molecule has 0 amide bonds. The first-order valence-corrected chi connectivity index (χ1v) is 13.9. The average Bonchev–Trinajstić information content (AvgIpc) is 3.75. The number of methoxy groups -OCH3 is 2. The quantitative estimate of drug-likeness (QED) is 0.333. The average molecular weight is 583 g/mol. The van der Waals surface area contributed by atoms with Gasteiger partial charge in [-0.1, -0.05) is 0 Å². The molecule has 8 unspecified atom stereocenters. The van der Waals surface area contributed by atoms with Crippen molar-refractivity contribution in [1.29, 1.82) is 0 Å². The zero-order chi connectivity index (χ0) is 29.7. The molecule has 1 saturated carbocycles. The molecule has 1 saturated heterocycles. The Kier molecular flexibility index (Phi) is 7.56. The largest absolute Gasteiger partial charge is 0.497 e. The molecular weight excluding hydrogens is 548 g/mol. The summed E-state index contributed by atoms with van der Waals surface area (Å²) in [4.78, 5) is 30.4. The summed E-state index contributed by atoms with van der Waals surface area (Å²) in [5.74, 6) is 0.588. The summed E-state index contributed by atoms with van der Waals surface area (Å²) in [6.45, 7) is 1.73. The van der Waals surface area contributed by atoms with Crippen LogP contribution in [0.25, 0.3) is 10.9 Å². The SMILES string of the molecule is COC(=O)CC1C(Cn2cc(C3=NC4C(O3)OC(CO)C(O)C4O)c3ccc(OC)cc32)CC(=O)C1c1ccc(C)o1. The van der Waals surface area contributed by atoms with Crippen molar-refractivity contribution in [3.8, 4) is 5.75 Å². The number of furan rings is 1. The fourth-order valence-corrected chi connectivity index (χ4v) is 6.48. The summed E-state index contributed by atoms with van der Waals surface area (Å²) >= 11 is 0. The van der Waals surface area contributed by atoms with E-state index in [0.717, 1.165) is 10.9 Å².